The first-order valence-corrected chi connectivity index (χ1v) is 7.72. The van der Waals surface area contributed by atoms with Gasteiger partial charge in [-0.25, -0.2) is 4.98 Å². The quantitative estimate of drug-likeness (QED) is 0.757. The monoisotopic (exact) mass is 286 g/mol. The van der Waals surface area contributed by atoms with Gasteiger partial charge in [0.15, 0.2) is 0 Å². The summed E-state index contributed by atoms with van der Waals surface area (Å²) in [5, 5.41) is 3.93. The zero-order chi connectivity index (χ0) is 14.8. The van der Waals surface area contributed by atoms with Crippen molar-refractivity contribution in [2.45, 2.75) is 45.1 Å². The highest BCUT2D eigenvalue weighted by Crippen LogP contribution is 2.28. The second-order valence-corrected chi connectivity index (χ2v) is 5.97. The van der Waals surface area contributed by atoms with Gasteiger partial charge in [0, 0.05) is 11.7 Å². The van der Waals surface area contributed by atoms with E-state index in [1.165, 1.54) is 19.3 Å². The Morgan fingerprint density at radius 3 is 3.10 bits per heavy atom. The van der Waals surface area contributed by atoms with E-state index in [2.05, 4.69) is 22.2 Å². The van der Waals surface area contributed by atoms with Crippen molar-refractivity contribution < 1.29 is 0 Å². The van der Waals surface area contributed by atoms with Gasteiger partial charge in [-0.3, -0.25) is 9.78 Å². The molecule has 5 heteroatoms. The summed E-state index contributed by atoms with van der Waals surface area (Å²) in [4.78, 5) is 19.4. The van der Waals surface area contributed by atoms with Gasteiger partial charge in [0.25, 0.3) is 5.56 Å². The number of benzene rings is 1. The lowest BCUT2D eigenvalue weighted by atomic mass is 9.84. The summed E-state index contributed by atoms with van der Waals surface area (Å²) < 4.78 is 0. The van der Waals surface area contributed by atoms with Crippen LogP contribution in [0.3, 0.4) is 0 Å². The SMILES string of the molecule is CCC1CCCC(Nc2nc3ccc(N)cc3c(=O)[nH]2)C1. The number of nitrogens with one attached hydrogen (secondary N) is 2. The molecular formula is C16H22N4O. The van der Waals surface area contributed by atoms with E-state index in [0.29, 0.717) is 28.6 Å². The van der Waals surface area contributed by atoms with Gasteiger partial charge in [-0.1, -0.05) is 26.2 Å². The van der Waals surface area contributed by atoms with Gasteiger partial charge in [-0.05, 0) is 37.0 Å². The average Bonchev–Trinajstić information content (AvgIpc) is 2.48. The van der Waals surface area contributed by atoms with E-state index < -0.39 is 0 Å². The van der Waals surface area contributed by atoms with Gasteiger partial charge >= 0.3 is 0 Å². The molecule has 1 aliphatic carbocycles. The Kier molecular flexibility index (Phi) is 3.82. The standard InChI is InChI=1S/C16H22N4O/c1-2-10-4-3-5-12(8-10)18-16-19-14-7-6-11(17)9-13(14)15(21)20-16/h6-7,9-10,12H,2-5,8,17H2,1H3,(H2,18,19,20,21). The number of nitrogens with zero attached hydrogens (tertiary/aromatic N) is 1. The minimum Gasteiger partial charge on any atom is -0.399 e. The molecule has 1 fully saturated rings. The molecule has 0 spiro atoms. The fourth-order valence-corrected chi connectivity index (χ4v) is 3.21. The van der Waals surface area contributed by atoms with E-state index in [1.807, 2.05) is 0 Å². The summed E-state index contributed by atoms with van der Waals surface area (Å²) in [6.45, 7) is 2.24. The first-order valence-electron chi connectivity index (χ1n) is 7.72. The van der Waals surface area contributed by atoms with Crippen LogP contribution in [-0.2, 0) is 0 Å². The van der Waals surface area contributed by atoms with E-state index >= 15 is 0 Å². The summed E-state index contributed by atoms with van der Waals surface area (Å²) in [7, 11) is 0. The topological polar surface area (TPSA) is 83.8 Å². The Labute approximate surface area is 124 Å². The number of rotatable bonds is 3. The Morgan fingerprint density at radius 2 is 2.29 bits per heavy atom. The van der Waals surface area contributed by atoms with Crippen molar-refractivity contribution in [1.29, 1.82) is 0 Å². The predicted octanol–water partition coefficient (Wildman–Crippen LogP) is 2.89. The molecule has 0 bridgehead atoms. The molecule has 0 saturated heterocycles. The zero-order valence-electron chi connectivity index (χ0n) is 12.4. The molecule has 2 aromatic rings. The van der Waals surface area contributed by atoms with Crippen molar-refractivity contribution in [3.8, 4) is 0 Å². The molecule has 112 valence electrons. The van der Waals surface area contributed by atoms with Gasteiger partial charge in [-0.2, -0.15) is 0 Å². The van der Waals surface area contributed by atoms with E-state index in [0.717, 1.165) is 18.8 Å². The van der Waals surface area contributed by atoms with E-state index in [1.54, 1.807) is 18.2 Å². The molecule has 0 aliphatic heterocycles. The fraction of sp³-hybridized carbons (Fsp3) is 0.500. The number of H-pyrrole nitrogens is 1. The number of fused-ring (bicyclic) bond motifs is 1. The molecule has 5 nitrogen and oxygen atoms in total. The van der Waals surface area contributed by atoms with Crippen LogP contribution in [0.5, 0.6) is 0 Å². The molecule has 21 heavy (non-hydrogen) atoms. The summed E-state index contributed by atoms with van der Waals surface area (Å²) in [6, 6.07) is 5.63. The lowest BCUT2D eigenvalue weighted by Gasteiger charge is -2.29. The van der Waals surface area contributed by atoms with Gasteiger partial charge in [0.1, 0.15) is 0 Å². The maximum Gasteiger partial charge on any atom is 0.260 e. The lowest BCUT2D eigenvalue weighted by molar-refractivity contribution is 0.326. The lowest BCUT2D eigenvalue weighted by Crippen LogP contribution is -2.29. The maximum absolute atomic E-state index is 12.1. The fourth-order valence-electron chi connectivity index (χ4n) is 3.21. The molecule has 0 radical (unpaired) electrons. The van der Waals surface area contributed by atoms with Gasteiger partial charge in [-0.15, -0.1) is 0 Å². The third-order valence-corrected chi connectivity index (χ3v) is 4.43. The molecule has 2 atom stereocenters. The molecule has 2 unspecified atom stereocenters. The molecule has 3 rings (SSSR count). The summed E-state index contributed by atoms with van der Waals surface area (Å²) >= 11 is 0. The highest BCUT2D eigenvalue weighted by Gasteiger charge is 2.21. The molecule has 1 saturated carbocycles. The van der Waals surface area contributed by atoms with Crippen LogP contribution < -0.4 is 16.6 Å². The largest absolute Gasteiger partial charge is 0.399 e. The minimum absolute atomic E-state index is 0.141. The average molecular weight is 286 g/mol. The van der Waals surface area contributed by atoms with Crippen molar-refractivity contribution in [1.82, 2.24) is 9.97 Å². The molecule has 1 aromatic heterocycles. The van der Waals surface area contributed by atoms with E-state index in [-0.39, 0.29) is 5.56 Å². The van der Waals surface area contributed by atoms with Crippen LogP contribution >= 0.6 is 0 Å². The van der Waals surface area contributed by atoms with E-state index in [9.17, 15) is 4.79 Å². The molecular weight excluding hydrogens is 264 g/mol. The molecule has 4 N–H and O–H groups in total. The summed E-state index contributed by atoms with van der Waals surface area (Å²) in [5.41, 5.74) is 6.83. The Bertz CT molecular complexity index is 694. The number of hydrogen-bond donors (Lipinski definition) is 3. The molecule has 1 aliphatic rings. The molecule has 1 heterocycles. The number of aromatic amines is 1. The number of anilines is 2. The van der Waals surface area contributed by atoms with Crippen LogP contribution in [0.25, 0.3) is 10.9 Å². The van der Waals surface area contributed by atoms with Crippen LogP contribution in [-0.4, -0.2) is 16.0 Å². The number of aromatic nitrogens is 2. The highest BCUT2D eigenvalue weighted by atomic mass is 16.1. The van der Waals surface area contributed by atoms with Crippen molar-refractivity contribution in [2.75, 3.05) is 11.1 Å². The second-order valence-electron chi connectivity index (χ2n) is 5.97. The Morgan fingerprint density at radius 1 is 1.43 bits per heavy atom. The van der Waals surface area contributed by atoms with Crippen LogP contribution in [0.4, 0.5) is 11.6 Å². The first kappa shape index (κ1) is 13.9. The third kappa shape index (κ3) is 3.01. The van der Waals surface area contributed by atoms with Crippen molar-refractivity contribution in [3.63, 3.8) is 0 Å². The highest BCUT2D eigenvalue weighted by molar-refractivity contribution is 5.81. The van der Waals surface area contributed by atoms with Gasteiger partial charge < -0.3 is 11.1 Å². The van der Waals surface area contributed by atoms with Crippen molar-refractivity contribution >= 4 is 22.5 Å². The van der Waals surface area contributed by atoms with Crippen molar-refractivity contribution in [2.24, 2.45) is 5.92 Å². The number of nitrogen functional groups attached to an aromatic ring is 1. The third-order valence-electron chi connectivity index (χ3n) is 4.43. The van der Waals surface area contributed by atoms with Gasteiger partial charge in [0.2, 0.25) is 5.95 Å². The Balaban J connectivity index is 1.84. The summed E-state index contributed by atoms with van der Waals surface area (Å²) in [5.74, 6) is 1.35. The second kappa shape index (κ2) is 5.76. The van der Waals surface area contributed by atoms with Crippen LogP contribution in [0.1, 0.15) is 39.0 Å². The predicted molar refractivity (Wildman–Crippen MR) is 86.4 cm³/mol. The minimum atomic E-state index is -0.141. The molecule has 1 aromatic carbocycles. The van der Waals surface area contributed by atoms with Gasteiger partial charge in [0.05, 0.1) is 10.9 Å². The van der Waals surface area contributed by atoms with Crippen LogP contribution in [0, 0.1) is 5.92 Å². The van der Waals surface area contributed by atoms with E-state index in [4.69, 9.17) is 5.73 Å². The number of nitrogens with two attached hydrogens (primary N) is 1. The first-order chi connectivity index (χ1) is 10.2. The summed E-state index contributed by atoms with van der Waals surface area (Å²) in [6.07, 6.45) is 6.07. The molecule has 0 amide bonds. The van der Waals surface area contributed by atoms with Crippen LogP contribution in [0.2, 0.25) is 0 Å². The number of hydrogen-bond acceptors (Lipinski definition) is 4. The normalized spacial score (nSPS) is 22.3. The smallest absolute Gasteiger partial charge is 0.260 e. The Hall–Kier alpha value is -2.04. The maximum atomic E-state index is 12.1. The zero-order valence-corrected chi connectivity index (χ0v) is 12.4. The van der Waals surface area contributed by atoms with Crippen molar-refractivity contribution in [3.05, 3.63) is 28.6 Å². The van der Waals surface area contributed by atoms with Crippen LogP contribution in [0.15, 0.2) is 23.0 Å².